The van der Waals surface area contributed by atoms with Crippen molar-refractivity contribution < 1.29 is 14.3 Å². The highest BCUT2D eigenvalue weighted by atomic mass is 35.5. The second-order valence-corrected chi connectivity index (χ2v) is 6.27. The minimum Gasteiger partial charge on any atom is -0.486 e. The summed E-state index contributed by atoms with van der Waals surface area (Å²) in [6.07, 6.45) is 0.455. The number of hydrogen-bond acceptors (Lipinski definition) is 5. The zero-order valence-electron chi connectivity index (χ0n) is 13.5. The van der Waals surface area contributed by atoms with E-state index in [1.807, 2.05) is 42.8 Å². The third-order valence-corrected chi connectivity index (χ3v) is 4.48. The van der Waals surface area contributed by atoms with Crippen molar-refractivity contribution in [2.75, 3.05) is 31.7 Å². The number of hydrogen-bond donors (Lipinski definition) is 1. The van der Waals surface area contributed by atoms with E-state index >= 15 is 0 Å². The zero-order valence-corrected chi connectivity index (χ0v) is 15.1. The molecule has 0 fully saturated rings. The van der Waals surface area contributed by atoms with Gasteiger partial charge in [-0.2, -0.15) is 0 Å². The number of nitrogens with zero attached hydrogens (tertiary/aromatic N) is 1. The van der Waals surface area contributed by atoms with Crippen molar-refractivity contribution in [1.82, 2.24) is 5.32 Å². The highest BCUT2D eigenvalue weighted by Gasteiger charge is 2.19. The van der Waals surface area contributed by atoms with Gasteiger partial charge in [-0.15, -0.1) is 23.7 Å². The van der Waals surface area contributed by atoms with Crippen LogP contribution in [0.2, 0.25) is 0 Å². The lowest BCUT2D eigenvalue weighted by Gasteiger charge is -2.25. The number of carbonyl (C=O) groups excluding carboxylic acids is 1. The number of anilines is 1. The average Bonchev–Trinajstić information content (AvgIpc) is 3.10. The highest BCUT2D eigenvalue weighted by Crippen LogP contribution is 2.34. The van der Waals surface area contributed by atoms with E-state index in [9.17, 15) is 4.79 Å². The first-order valence-electron chi connectivity index (χ1n) is 7.65. The van der Waals surface area contributed by atoms with E-state index in [1.54, 1.807) is 16.2 Å². The summed E-state index contributed by atoms with van der Waals surface area (Å²) in [5, 5.41) is 5.05. The Morgan fingerprint density at radius 2 is 2.04 bits per heavy atom. The van der Waals surface area contributed by atoms with Crippen LogP contribution in [0.4, 0.5) is 5.69 Å². The SMILES string of the molecule is CNCCC(=O)N(Cc1cccs1)c1ccc2c(c1)OCCO2.Cl. The highest BCUT2D eigenvalue weighted by molar-refractivity contribution is 7.09. The van der Waals surface area contributed by atoms with Crippen LogP contribution in [0.1, 0.15) is 11.3 Å². The third-order valence-electron chi connectivity index (χ3n) is 3.62. The fourth-order valence-electron chi connectivity index (χ4n) is 2.45. The van der Waals surface area contributed by atoms with Crippen LogP contribution >= 0.6 is 23.7 Å². The molecule has 0 bridgehead atoms. The van der Waals surface area contributed by atoms with Crippen molar-refractivity contribution >= 4 is 35.3 Å². The summed E-state index contributed by atoms with van der Waals surface area (Å²) in [6.45, 7) is 2.33. The number of carbonyl (C=O) groups is 1. The molecule has 1 aliphatic heterocycles. The number of fused-ring (bicyclic) bond motifs is 1. The number of ether oxygens (including phenoxy) is 2. The maximum Gasteiger partial charge on any atom is 0.228 e. The first-order valence-corrected chi connectivity index (χ1v) is 8.53. The molecule has 0 saturated carbocycles. The van der Waals surface area contributed by atoms with Gasteiger partial charge in [-0.05, 0) is 30.6 Å². The molecule has 0 unspecified atom stereocenters. The molecule has 1 aromatic carbocycles. The predicted octanol–water partition coefficient (Wildman–Crippen LogP) is 3.08. The Balaban J connectivity index is 0.00000208. The minimum absolute atomic E-state index is 0. The van der Waals surface area contributed by atoms with Gasteiger partial charge in [0.15, 0.2) is 11.5 Å². The molecule has 1 amide bonds. The molecular weight excluding hydrogens is 348 g/mol. The number of thiophene rings is 1. The average molecular weight is 369 g/mol. The normalized spacial score (nSPS) is 12.4. The molecule has 1 aromatic heterocycles. The molecule has 1 N–H and O–H groups in total. The van der Waals surface area contributed by atoms with Gasteiger partial charge in [0.05, 0.1) is 6.54 Å². The van der Waals surface area contributed by atoms with Crippen LogP contribution in [-0.2, 0) is 11.3 Å². The quantitative estimate of drug-likeness (QED) is 0.851. The van der Waals surface area contributed by atoms with Gasteiger partial charge >= 0.3 is 0 Å². The summed E-state index contributed by atoms with van der Waals surface area (Å²) in [4.78, 5) is 15.6. The Hall–Kier alpha value is -1.76. The molecule has 0 radical (unpaired) electrons. The van der Waals surface area contributed by atoms with Gasteiger partial charge in [0, 0.05) is 29.6 Å². The molecule has 3 rings (SSSR count). The third kappa shape index (κ3) is 4.41. The lowest BCUT2D eigenvalue weighted by atomic mass is 10.2. The van der Waals surface area contributed by atoms with Crippen LogP contribution in [0.25, 0.3) is 0 Å². The summed E-state index contributed by atoms with van der Waals surface area (Å²) < 4.78 is 11.2. The van der Waals surface area contributed by atoms with Crippen molar-refractivity contribution in [1.29, 1.82) is 0 Å². The standard InChI is InChI=1S/C17H20N2O3S.ClH/c1-18-7-6-17(20)19(12-14-3-2-10-23-14)13-4-5-15-16(11-13)22-9-8-21-15;/h2-5,10-11,18H,6-9,12H2,1H3;1H. The van der Waals surface area contributed by atoms with Crippen molar-refractivity contribution in [3.8, 4) is 11.5 Å². The Morgan fingerprint density at radius 3 is 2.75 bits per heavy atom. The number of rotatable bonds is 6. The van der Waals surface area contributed by atoms with Gasteiger partial charge in [0.25, 0.3) is 0 Å². The maximum absolute atomic E-state index is 12.6. The smallest absolute Gasteiger partial charge is 0.228 e. The van der Waals surface area contributed by atoms with Crippen LogP contribution in [0, 0.1) is 0 Å². The number of benzene rings is 1. The molecule has 0 aliphatic carbocycles. The monoisotopic (exact) mass is 368 g/mol. The van der Waals surface area contributed by atoms with Gasteiger partial charge in [-0.3, -0.25) is 4.79 Å². The molecule has 130 valence electrons. The second kappa shape index (κ2) is 8.92. The Morgan fingerprint density at radius 1 is 1.25 bits per heavy atom. The second-order valence-electron chi connectivity index (χ2n) is 5.24. The van der Waals surface area contributed by atoms with Crippen molar-refractivity contribution in [2.45, 2.75) is 13.0 Å². The summed E-state index contributed by atoms with van der Waals surface area (Å²) in [6, 6.07) is 9.72. The van der Waals surface area contributed by atoms with Crippen molar-refractivity contribution in [2.24, 2.45) is 0 Å². The summed E-state index contributed by atoms with van der Waals surface area (Å²) in [7, 11) is 1.85. The molecule has 7 heteroatoms. The number of nitrogens with one attached hydrogen (secondary N) is 1. The molecule has 2 aromatic rings. The molecule has 1 aliphatic rings. The molecule has 5 nitrogen and oxygen atoms in total. The molecular formula is C17H21ClN2O3S. The van der Waals surface area contributed by atoms with Crippen LogP contribution < -0.4 is 19.7 Å². The van der Waals surface area contributed by atoms with Crippen molar-refractivity contribution in [3.63, 3.8) is 0 Å². The first kappa shape index (κ1) is 18.6. The van der Waals surface area contributed by atoms with Gasteiger partial charge in [0.1, 0.15) is 13.2 Å². The lowest BCUT2D eigenvalue weighted by Crippen LogP contribution is -2.32. The fourth-order valence-corrected chi connectivity index (χ4v) is 3.14. The summed E-state index contributed by atoms with van der Waals surface area (Å²) >= 11 is 1.65. The summed E-state index contributed by atoms with van der Waals surface area (Å²) in [5.41, 5.74) is 0.837. The van der Waals surface area contributed by atoms with E-state index in [2.05, 4.69) is 5.32 Å². The van der Waals surface area contributed by atoms with Gasteiger partial charge < -0.3 is 19.7 Å². The van der Waals surface area contributed by atoms with Crippen LogP contribution in [0.3, 0.4) is 0 Å². The molecule has 0 atom stereocenters. The van der Waals surface area contributed by atoms with E-state index in [0.29, 0.717) is 38.5 Å². The molecule has 0 spiro atoms. The van der Waals surface area contributed by atoms with E-state index in [4.69, 9.17) is 9.47 Å². The lowest BCUT2D eigenvalue weighted by molar-refractivity contribution is -0.118. The maximum atomic E-state index is 12.6. The molecule has 24 heavy (non-hydrogen) atoms. The fraction of sp³-hybridized carbons (Fsp3) is 0.353. The first-order chi connectivity index (χ1) is 11.3. The van der Waals surface area contributed by atoms with E-state index < -0.39 is 0 Å². The zero-order chi connectivity index (χ0) is 16.1. The van der Waals surface area contributed by atoms with Crippen LogP contribution in [-0.4, -0.2) is 32.7 Å². The van der Waals surface area contributed by atoms with Gasteiger partial charge in [-0.25, -0.2) is 0 Å². The predicted molar refractivity (Wildman–Crippen MR) is 98.7 cm³/mol. The topological polar surface area (TPSA) is 50.8 Å². The number of halogens is 1. The van der Waals surface area contributed by atoms with E-state index in [-0.39, 0.29) is 18.3 Å². The molecule has 2 heterocycles. The van der Waals surface area contributed by atoms with Gasteiger partial charge in [-0.1, -0.05) is 6.07 Å². The summed E-state index contributed by atoms with van der Waals surface area (Å²) in [5.74, 6) is 1.52. The van der Waals surface area contributed by atoms with E-state index in [0.717, 1.165) is 16.3 Å². The van der Waals surface area contributed by atoms with Crippen LogP contribution in [0.15, 0.2) is 35.7 Å². The van der Waals surface area contributed by atoms with Gasteiger partial charge in [0.2, 0.25) is 5.91 Å². The molecule has 0 saturated heterocycles. The van der Waals surface area contributed by atoms with E-state index in [1.165, 1.54) is 0 Å². The largest absolute Gasteiger partial charge is 0.486 e. The Kier molecular flexibility index (Phi) is 6.90. The number of amides is 1. The Bertz CT molecular complexity index is 664. The minimum atomic E-state index is 0. The van der Waals surface area contributed by atoms with Crippen LogP contribution in [0.5, 0.6) is 11.5 Å². The van der Waals surface area contributed by atoms with Crippen molar-refractivity contribution in [3.05, 3.63) is 40.6 Å². The Labute approximate surface area is 152 Å².